The molecule has 2 aromatic rings. The molecule has 1 N–H and O–H groups in total. The molecule has 1 aliphatic rings. The minimum atomic E-state index is -3.78. The van der Waals surface area contributed by atoms with Crippen LogP contribution in [0.5, 0.6) is 11.5 Å². The van der Waals surface area contributed by atoms with Crippen LogP contribution in [0.4, 0.5) is 5.69 Å². The van der Waals surface area contributed by atoms with Crippen LogP contribution >= 0.6 is 0 Å². The number of methoxy groups -OCH3 is 2. The number of hydrogen-bond acceptors (Lipinski definition) is 5. The molecule has 0 spiro atoms. The van der Waals surface area contributed by atoms with Gasteiger partial charge in [-0.3, -0.25) is 9.10 Å². The van der Waals surface area contributed by atoms with Gasteiger partial charge in [0.25, 0.3) is 0 Å². The lowest BCUT2D eigenvalue weighted by molar-refractivity contribution is -0.122. The van der Waals surface area contributed by atoms with Gasteiger partial charge in [0.15, 0.2) is 0 Å². The summed E-state index contributed by atoms with van der Waals surface area (Å²) >= 11 is 0. The van der Waals surface area contributed by atoms with E-state index in [1.165, 1.54) is 19.8 Å². The highest BCUT2D eigenvalue weighted by molar-refractivity contribution is 7.92. The van der Waals surface area contributed by atoms with Gasteiger partial charge in [0, 0.05) is 6.07 Å². The summed E-state index contributed by atoms with van der Waals surface area (Å²) in [6, 6.07) is 11.8. The monoisotopic (exact) mass is 432 g/mol. The maximum atomic E-state index is 13.1. The van der Waals surface area contributed by atoms with Crippen molar-refractivity contribution in [3.8, 4) is 11.5 Å². The molecule has 8 heteroatoms. The molecule has 0 fully saturated rings. The number of nitrogens with one attached hydrogen (secondary N) is 1. The number of nitrogens with zero attached hydrogens (tertiary/aromatic N) is 1. The number of sulfonamides is 1. The van der Waals surface area contributed by atoms with E-state index in [0.717, 1.165) is 35.4 Å². The van der Waals surface area contributed by atoms with Crippen LogP contribution < -0.4 is 19.1 Å². The summed E-state index contributed by atoms with van der Waals surface area (Å²) in [5.41, 5.74) is 2.57. The van der Waals surface area contributed by atoms with Gasteiger partial charge in [-0.15, -0.1) is 0 Å². The van der Waals surface area contributed by atoms with Crippen LogP contribution in [0.25, 0.3) is 0 Å². The van der Waals surface area contributed by atoms with Crippen LogP contribution in [0.15, 0.2) is 42.5 Å². The number of anilines is 1. The number of carbonyl (C=O) groups excluding carboxylic acids is 1. The van der Waals surface area contributed by atoms with Crippen molar-refractivity contribution < 1.29 is 22.7 Å². The van der Waals surface area contributed by atoms with Crippen molar-refractivity contribution in [3.63, 3.8) is 0 Å². The average molecular weight is 433 g/mol. The largest absolute Gasteiger partial charge is 0.497 e. The molecule has 3 rings (SSSR count). The second-order valence-electron chi connectivity index (χ2n) is 7.42. The molecular weight excluding hydrogens is 404 g/mol. The number of aryl methyl sites for hydroxylation is 1. The predicted molar refractivity (Wildman–Crippen MR) is 117 cm³/mol. The highest BCUT2D eigenvalue weighted by atomic mass is 32.2. The zero-order valence-electron chi connectivity index (χ0n) is 17.7. The quantitative estimate of drug-likeness (QED) is 0.727. The normalized spacial score (nSPS) is 16.9. The number of rotatable bonds is 7. The van der Waals surface area contributed by atoms with E-state index < -0.39 is 16.1 Å². The Morgan fingerprint density at radius 1 is 1.17 bits per heavy atom. The van der Waals surface area contributed by atoms with Crippen molar-refractivity contribution in [2.45, 2.75) is 38.3 Å². The molecular formula is C22H28N2O5S. The SMILES string of the molecule is COc1ccc(OC)c(N([C@H](C)C(=O)N[C@H]2CCCc3ccccc32)S(C)(=O)=O)c1. The lowest BCUT2D eigenvalue weighted by atomic mass is 9.87. The maximum absolute atomic E-state index is 13.1. The van der Waals surface area contributed by atoms with Gasteiger partial charge >= 0.3 is 0 Å². The first-order chi connectivity index (χ1) is 14.3. The Morgan fingerprint density at radius 2 is 1.90 bits per heavy atom. The Bertz CT molecular complexity index is 1020. The Labute approximate surface area is 178 Å². The molecule has 30 heavy (non-hydrogen) atoms. The standard InChI is InChI=1S/C22H28N2O5S/c1-15(22(25)23-19-11-7-9-16-8-5-6-10-18(16)19)24(30(4,26)27)20-14-17(28-2)12-13-21(20)29-3/h5-6,8,10,12-15,19H,7,9,11H2,1-4H3,(H,23,25)/t15-,19+/m1/s1. The third-order valence-corrected chi connectivity index (χ3v) is 6.63. The van der Waals surface area contributed by atoms with Gasteiger partial charge < -0.3 is 14.8 Å². The molecule has 0 unspecified atom stereocenters. The van der Waals surface area contributed by atoms with Gasteiger partial charge in [-0.05, 0) is 49.4 Å². The van der Waals surface area contributed by atoms with Gasteiger partial charge in [-0.25, -0.2) is 8.42 Å². The molecule has 0 aromatic heterocycles. The van der Waals surface area contributed by atoms with E-state index in [0.29, 0.717) is 11.5 Å². The smallest absolute Gasteiger partial charge is 0.244 e. The maximum Gasteiger partial charge on any atom is 0.244 e. The summed E-state index contributed by atoms with van der Waals surface area (Å²) in [4.78, 5) is 13.1. The topological polar surface area (TPSA) is 84.9 Å². The van der Waals surface area contributed by atoms with Crippen LogP contribution in [0.1, 0.15) is 36.9 Å². The lowest BCUT2D eigenvalue weighted by Crippen LogP contribution is -2.49. The van der Waals surface area contributed by atoms with E-state index >= 15 is 0 Å². The summed E-state index contributed by atoms with van der Waals surface area (Å²) in [6.45, 7) is 1.57. The molecule has 1 aliphatic carbocycles. The lowest BCUT2D eigenvalue weighted by Gasteiger charge is -2.32. The number of ether oxygens (including phenoxy) is 2. The number of hydrogen-bond donors (Lipinski definition) is 1. The van der Waals surface area contributed by atoms with Crippen LogP contribution in [0, 0.1) is 0 Å². The number of benzene rings is 2. The Balaban J connectivity index is 1.92. The van der Waals surface area contributed by atoms with Gasteiger partial charge in [-0.1, -0.05) is 24.3 Å². The van der Waals surface area contributed by atoms with Gasteiger partial charge in [-0.2, -0.15) is 0 Å². The Hall–Kier alpha value is -2.74. The molecule has 0 heterocycles. The van der Waals surface area contributed by atoms with Crippen LogP contribution in [0.3, 0.4) is 0 Å². The van der Waals surface area contributed by atoms with Crippen molar-refractivity contribution in [2.75, 3.05) is 24.8 Å². The zero-order chi connectivity index (χ0) is 21.9. The summed E-state index contributed by atoms with van der Waals surface area (Å²) < 4.78 is 37.0. The molecule has 162 valence electrons. The summed E-state index contributed by atoms with van der Waals surface area (Å²) in [7, 11) is -0.837. The van der Waals surface area contributed by atoms with Gasteiger partial charge in [0.2, 0.25) is 15.9 Å². The molecule has 0 saturated carbocycles. The Kier molecular flexibility index (Phi) is 6.55. The van der Waals surface area contributed by atoms with E-state index in [2.05, 4.69) is 11.4 Å². The third kappa shape index (κ3) is 4.53. The molecule has 0 bridgehead atoms. The predicted octanol–water partition coefficient (Wildman–Crippen LogP) is 3.05. The third-order valence-electron chi connectivity index (χ3n) is 5.40. The molecule has 7 nitrogen and oxygen atoms in total. The van der Waals surface area contributed by atoms with Crippen LogP contribution in [-0.4, -0.2) is 40.8 Å². The summed E-state index contributed by atoms with van der Waals surface area (Å²) in [6.07, 6.45) is 3.84. The van der Waals surface area contributed by atoms with E-state index in [4.69, 9.17) is 9.47 Å². The molecule has 0 saturated heterocycles. The molecule has 2 atom stereocenters. The fourth-order valence-electron chi connectivity index (χ4n) is 3.95. The van der Waals surface area contributed by atoms with E-state index in [1.54, 1.807) is 25.1 Å². The van der Waals surface area contributed by atoms with E-state index in [1.807, 2.05) is 18.2 Å². The fourth-order valence-corrected chi connectivity index (χ4v) is 5.12. The first-order valence-electron chi connectivity index (χ1n) is 9.86. The van der Waals surface area contributed by atoms with Crippen LogP contribution in [0.2, 0.25) is 0 Å². The first kappa shape index (κ1) is 22.0. The molecule has 0 radical (unpaired) electrons. The minimum Gasteiger partial charge on any atom is -0.497 e. The van der Waals surface area contributed by atoms with Crippen molar-refractivity contribution in [1.29, 1.82) is 0 Å². The summed E-state index contributed by atoms with van der Waals surface area (Å²) in [5.74, 6) is 0.434. The van der Waals surface area contributed by atoms with Crippen molar-refractivity contribution in [3.05, 3.63) is 53.6 Å². The van der Waals surface area contributed by atoms with Crippen LogP contribution in [-0.2, 0) is 21.2 Å². The highest BCUT2D eigenvalue weighted by Crippen LogP contribution is 2.35. The molecule has 2 aromatic carbocycles. The minimum absolute atomic E-state index is 0.140. The van der Waals surface area contributed by atoms with Crippen molar-refractivity contribution >= 4 is 21.6 Å². The number of fused-ring (bicyclic) bond motifs is 1. The molecule has 0 aliphatic heterocycles. The average Bonchev–Trinajstić information content (AvgIpc) is 2.73. The van der Waals surface area contributed by atoms with E-state index in [-0.39, 0.29) is 17.6 Å². The zero-order valence-corrected chi connectivity index (χ0v) is 18.5. The van der Waals surface area contributed by atoms with E-state index in [9.17, 15) is 13.2 Å². The highest BCUT2D eigenvalue weighted by Gasteiger charge is 2.33. The van der Waals surface area contributed by atoms with Crippen molar-refractivity contribution in [1.82, 2.24) is 5.32 Å². The van der Waals surface area contributed by atoms with Gasteiger partial charge in [0.05, 0.1) is 32.2 Å². The second kappa shape index (κ2) is 8.95. The molecule has 1 amide bonds. The Morgan fingerprint density at radius 3 is 2.57 bits per heavy atom. The summed E-state index contributed by atoms with van der Waals surface area (Å²) in [5, 5.41) is 3.05. The van der Waals surface area contributed by atoms with Gasteiger partial charge in [0.1, 0.15) is 17.5 Å². The fraction of sp³-hybridized carbons (Fsp3) is 0.409. The first-order valence-corrected chi connectivity index (χ1v) is 11.7. The van der Waals surface area contributed by atoms with Crippen molar-refractivity contribution in [2.24, 2.45) is 0 Å². The number of carbonyl (C=O) groups is 1. The number of amides is 1. The second-order valence-corrected chi connectivity index (χ2v) is 9.28.